The highest BCUT2D eigenvalue weighted by Gasteiger charge is 2.50. The summed E-state index contributed by atoms with van der Waals surface area (Å²) in [6.45, 7) is 6.16. The summed E-state index contributed by atoms with van der Waals surface area (Å²) in [7, 11) is 1.53. The molecular weight excluding hydrogens is 1040 g/mol. The maximum Gasteiger partial charge on any atom is 0.173 e. The third kappa shape index (κ3) is 13.0. The van der Waals surface area contributed by atoms with Crippen molar-refractivity contribution >= 4 is 28.0 Å². The summed E-state index contributed by atoms with van der Waals surface area (Å²) in [5.41, 5.74) is 9.21. The number of aryl methyl sites for hydroxylation is 2. The van der Waals surface area contributed by atoms with E-state index < -0.39 is 53.0 Å². The van der Waals surface area contributed by atoms with Crippen molar-refractivity contribution in [1.82, 2.24) is 15.6 Å². The van der Waals surface area contributed by atoms with Crippen molar-refractivity contribution in [3.05, 3.63) is 184 Å². The van der Waals surface area contributed by atoms with Gasteiger partial charge in [-0.1, -0.05) is 142 Å². The van der Waals surface area contributed by atoms with Crippen LogP contribution in [0, 0.1) is 41.4 Å². The Morgan fingerprint density at radius 1 is 0.786 bits per heavy atom. The number of aliphatic hydroxyl groups is 3. The second kappa shape index (κ2) is 26.5. The fourth-order valence-corrected chi connectivity index (χ4v) is 15.2. The first kappa shape index (κ1) is 58.8. The van der Waals surface area contributed by atoms with E-state index in [0.717, 1.165) is 118 Å². The maximum atomic E-state index is 15.5. The van der Waals surface area contributed by atoms with Crippen LogP contribution in [-0.2, 0) is 40.7 Å². The number of aromatic hydroxyl groups is 1. The van der Waals surface area contributed by atoms with E-state index in [-0.39, 0.29) is 42.3 Å². The molecule has 6 aromatic rings. The van der Waals surface area contributed by atoms with E-state index >= 15 is 4.79 Å². The Morgan fingerprint density at radius 3 is 2.36 bits per heavy atom. The van der Waals surface area contributed by atoms with E-state index in [0.29, 0.717) is 69.5 Å². The van der Waals surface area contributed by atoms with Crippen LogP contribution in [-0.4, -0.2) is 82.0 Å². The molecule has 0 saturated heterocycles. The lowest BCUT2D eigenvalue weighted by molar-refractivity contribution is -0.142. The van der Waals surface area contributed by atoms with Gasteiger partial charge in [0, 0.05) is 66.4 Å². The zero-order chi connectivity index (χ0) is 58.3. The molecule has 11 nitrogen and oxygen atoms in total. The molecule has 5 aromatic carbocycles. The molecular formula is C73H86N4O7. The number of rotatable bonds is 7. The van der Waals surface area contributed by atoms with Gasteiger partial charge in [-0.15, -0.1) is 0 Å². The number of aromatic amines is 1. The van der Waals surface area contributed by atoms with Gasteiger partial charge in [0.1, 0.15) is 5.82 Å². The number of carbonyl (C=O) groups excluding carboxylic acids is 2. The zero-order valence-corrected chi connectivity index (χ0v) is 49.3. The quantitative estimate of drug-likeness (QED) is 0.0567. The number of ether oxygens (including phenoxy) is 1. The minimum absolute atomic E-state index is 0.00937. The maximum absolute atomic E-state index is 15.5. The number of anilines is 1. The van der Waals surface area contributed by atoms with Gasteiger partial charge in [-0.3, -0.25) is 9.59 Å². The van der Waals surface area contributed by atoms with Crippen molar-refractivity contribution in [2.45, 2.75) is 152 Å². The molecule has 2 fully saturated rings. The summed E-state index contributed by atoms with van der Waals surface area (Å²) in [6, 6.07) is 37.3. The molecule has 84 heavy (non-hydrogen) atoms. The number of benzene rings is 5. The number of H-pyrrole nitrogens is 1. The number of aromatic nitrogens is 1. The van der Waals surface area contributed by atoms with Gasteiger partial charge in [0.15, 0.2) is 29.2 Å². The van der Waals surface area contributed by atoms with Gasteiger partial charge in [-0.2, -0.15) is 0 Å². The number of methoxy groups -OCH3 is 1. The number of aliphatic hydroxyl groups excluding tert-OH is 3. The molecule has 2 saturated carbocycles. The molecule has 8 N–H and O–H groups in total. The number of nitrogens with one attached hydrogen (secondary N) is 4. The summed E-state index contributed by atoms with van der Waals surface area (Å²) >= 11 is 0. The number of β-amino-alcohol motifs (C(OH)–C–C–N with tert-alkyl or cyclic N) is 1. The Bertz CT molecular complexity index is 3400. The molecule has 1 spiro atoms. The molecule has 9 bridgehead atoms. The first-order valence-electron chi connectivity index (χ1n) is 31.3. The fourth-order valence-electron chi connectivity index (χ4n) is 15.2. The predicted octanol–water partition coefficient (Wildman–Crippen LogP) is 12.1. The van der Waals surface area contributed by atoms with E-state index in [4.69, 9.17) is 4.74 Å². The highest BCUT2D eigenvalue weighted by atomic mass is 16.5. The number of hydrogen-bond acceptors (Lipinski definition) is 10. The number of allylic oxidation sites excluding steroid dienone is 2. The number of hydrogen-bond donors (Lipinski definition) is 8. The van der Waals surface area contributed by atoms with Crippen molar-refractivity contribution in [2.75, 3.05) is 32.1 Å². The summed E-state index contributed by atoms with van der Waals surface area (Å²) in [6.07, 6.45) is 13.8. The van der Waals surface area contributed by atoms with Crippen molar-refractivity contribution in [1.29, 1.82) is 0 Å². The van der Waals surface area contributed by atoms with Gasteiger partial charge in [-0.25, -0.2) is 0 Å². The highest BCUT2D eigenvalue weighted by molar-refractivity contribution is 6.06. The van der Waals surface area contributed by atoms with Gasteiger partial charge >= 0.3 is 0 Å². The Labute approximate surface area is 496 Å². The van der Waals surface area contributed by atoms with Crippen LogP contribution in [0.1, 0.15) is 147 Å². The zero-order valence-electron chi connectivity index (χ0n) is 49.3. The number of dihydropyridines is 1. The average Bonchev–Trinajstić information content (AvgIpc) is 2.03. The number of ketones is 2. The SMILES string of the molecule is CCCC1C2CC(CC3=CCNC(=C3)Nc3ccc4ccc(cc4c3)CC(O)CNCC(C)c3c[nH]c(c3)C3(CCCCC3)C1O)CC1C#CC(c3ccccc3)c3c(cc(OC)c(O)c3CCc3ccccc3)CCC(=O)C(O)C(=O)C1C2. The van der Waals surface area contributed by atoms with Gasteiger partial charge < -0.3 is 46.1 Å². The minimum atomic E-state index is -1.85. The van der Waals surface area contributed by atoms with Crippen LogP contribution in [0.4, 0.5) is 5.69 Å². The number of fused-ring (bicyclic) bond motifs is 10. The third-order valence-electron chi connectivity index (χ3n) is 19.7. The van der Waals surface area contributed by atoms with Crippen LogP contribution >= 0.6 is 0 Å². The number of Topliss-reactive ketones (excluding diaryl/α,β-unsaturated/α-hetero) is 2. The van der Waals surface area contributed by atoms with Crippen LogP contribution in [0.3, 0.4) is 0 Å². The third-order valence-corrected chi connectivity index (χ3v) is 19.7. The van der Waals surface area contributed by atoms with Crippen LogP contribution in [0.15, 0.2) is 139 Å². The largest absolute Gasteiger partial charge is 0.504 e. The Morgan fingerprint density at radius 2 is 1.57 bits per heavy atom. The molecule has 3 aliphatic carbocycles. The summed E-state index contributed by atoms with van der Waals surface area (Å²) in [5, 5.41) is 62.4. The topological polar surface area (TPSA) is 176 Å². The standard InChI is InChI=1S/C73H86N4O7/c1-4-14-61-56-36-50(35-53-23-27-60(52-17-10-6-11-18-52)68-54(24-28-64(79)71(82)70(81)63(53)40-56)41-65(84-3)69(80)62(68)26-20-47-15-8-5-9-16-47)33-49-29-32-75-67(38-49)77-58-25-22-51-21-19-48(34-55(51)39-58)37-59(78)45-74-43-46(2)57-42-66(76-44-57)73(72(61)83)30-12-7-13-31-73/h5-6,8-11,15-19,21-22,25,29,34,38-39,41-42,44,46,50,53,56,59-61,63,71-72,74-78,80,82-83H,4,7,12-14,20,24,26,28,30-33,35-37,40,43,45H2,1-3H3. The molecule has 1 aromatic heterocycles. The highest BCUT2D eigenvalue weighted by Crippen LogP contribution is 2.51. The second-order valence-electron chi connectivity index (χ2n) is 25.2. The smallest absolute Gasteiger partial charge is 0.173 e. The molecule has 10 unspecified atom stereocenters. The summed E-state index contributed by atoms with van der Waals surface area (Å²) in [5.74, 6) is 5.75. The predicted molar refractivity (Wildman–Crippen MR) is 334 cm³/mol. The molecule has 0 amide bonds. The van der Waals surface area contributed by atoms with Crippen LogP contribution in [0.25, 0.3) is 10.8 Å². The van der Waals surface area contributed by atoms with Crippen LogP contribution < -0.4 is 20.7 Å². The number of carbonyl (C=O) groups is 2. The fraction of sp³-hybridized carbons (Fsp3) is 0.452. The molecule has 2 aliphatic heterocycles. The lowest BCUT2D eigenvalue weighted by Crippen LogP contribution is -2.48. The molecule has 11 heteroatoms. The summed E-state index contributed by atoms with van der Waals surface area (Å²) < 4.78 is 5.84. The van der Waals surface area contributed by atoms with E-state index in [1.54, 1.807) is 0 Å². The molecule has 10 atom stereocenters. The lowest BCUT2D eigenvalue weighted by Gasteiger charge is -2.46. The van der Waals surface area contributed by atoms with E-state index in [1.807, 2.05) is 42.5 Å². The van der Waals surface area contributed by atoms with Gasteiger partial charge in [0.25, 0.3) is 0 Å². The first-order valence-corrected chi connectivity index (χ1v) is 31.3. The number of phenols is 1. The summed E-state index contributed by atoms with van der Waals surface area (Å²) in [4.78, 5) is 33.9. The Balaban J connectivity index is 1.05. The normalized spacial score (nSPS) is 26.9. The second-order valence-corrected chi connectivity index (χ2v) is 25.2. The molecule has 0 radical (unpaired) electrons. The number of phenolic OH excluding ortho intramolecular Hbond substituents is 1. The molecule has 11 rings (SSSR count). The van der Waals surface area contributed by atoms with Gasteiger partial charge in [0.2, 0.25) is 0 Å². The molecule has 3 heterocycles. The van der Waals surface area contributed by atoms with Crippen molar-refractivity contribution in [3.8, 4) is 23.3 Å². The van der Waals surface area contributed by atoms with E-state index in [9.17, 15) is 25.2 Å². The van der Waals surface area contributed by atoms with Gasteiger partial charge in [0.05, 0.1) is 25.2 Å². The Hall–Kier alpha value is -6.94. The van der Waals surface area contributed by atoms with Crippen molar-refractivity contribution in [2.24, 2.45) is 29.6 Å². The molecule has 440 valence electrons. The van der Waals surface area contributed by atoms with Crippen LogP contribution in [0.2, 0.25) is 0 Å². The Kier molecular flexibility index (Phi) is 18.6. The first-order chi connectivity index (χ1) is 40.9. The monoisotopic (exact) mass is 1130 g/mol. The van der Waals surface area contributed by atoms with Gasteiger partial charge in [-0.05, 0) is 174 Å². The lowest BCUT2D eigenvalue weighted by atomic mass is 9.61. The van der Waals surface area contributed by atoms with Crippen molar-refractivity contribution in [3.63, 3.8) is 0 Å². The molecule has 5 aliphatic rings. The van der Waals surface area contributed by atoms with Crippen LogP contribution in [0.5, 0.6) is 11.5 Å². The minimum Gasteiger partial charge on any atom is -0.504 e. The van der Waals surface area contributed by atoms with Crippen molar-refractivity contribution < 1.29 is 34.8 Å². The van der Waals surface area contributed by atoms with E-state index in [1.165, 1.54) is 7.11 Å². The van der Waals surface area contributed by atoms with E-state index in [2.05, 4.69) is 132 Å². The average molecular weight is 1130 g/mol.